The fraction of sp³-hybridized carbons (Fsp3) is 0.100. The Kier molecular flexibility index (Phi) is 3.13. The molecule has 0 aromatic carbocycles. The molecule has 0 heterocycles. The van der Waals surface area contributed by atoms with E-state index < -0.39 is 0 Å². The summed E-state index contributed by atoms with van der Waals surface area (Å²) in [6.45, 7) is 0. The standard InChI is InChI=1S/C10H10O/c11-10-8-6-4-2-1-3-5-7-9-10/h1-8H,9H2. The first-order valence-corrected chi connectivity index (χ1v) is 3.59. The van der Waals surface area contributed by atoms with E-state index >= 15 is 0 Å². The summed E-state index contributed by atoms with van der Waals surface area (Å²) in [6.07, 6.45) is 15.1. The fourth-order valence-electron chi connectivity index (χ4n) is 0.750. The van der Waals surface area contributed by atoms with Gasteiger partial charge in [0.1, 0.15) is 0 Å². The van der Waals surface area contributed by atoms with Crippen LogP contribution in [0.25, 0.3) is 0 Å². The lowest BCUT2D eigenvalue weighted by Crippen LogP contribution is -1.87. The third kappa shape index (κ3) is 3.36. The smallest absolute Gasteiger partial charge is 0.159 e. The van der Waals surface area contributed by atoms with Crippen molar-refractivity contribution in [3.63, 3.8) is 0 Å². The summed E-state index contributed by atoms with van der Waals surface area (Å²) in [5.74, 6) is 0.140. The van der Waals surface area contributed by atoms with Gasteiger partial charge in [0.15, 0.2) is 5.78 Å². The minimum absolute atomic E-state index is 0.140. The maximum Gasteiger partial charge on any atom is 0.159 e. The lowest BCUT2D eigenvalue weighted by atomic mass is 10.2. The van der Waals surface area contributed by atoms with Gasteiger partial charge in [0, 0.05) is 6.42 Å². The Morgan fingerprint density at radius 1 is 0.909 bits per heavy atom. The fourth-order valence-corrected chi connectivity index (χ4v) is 0.750. The van der Waals surface area contributed by atoms with Crippen LogP contribution in [0, 0.1) is 0 Å². The average Bonchev–Trinajstić information content (AvgIpc) is 2.03. The number of carbonyl (C=O) groups excluding carboxylic acids is 1. The van der Waals surface area contributed by atoms with E-state index in [0.29, 0.717) is 6.42 Å². The minimum Gasteiger partial charge on any atom is -0.295 e. The van der Waals surface area contributed by atoms with Gasteiger partial charge in [-0.2, -0.15) is 0 Å². The Bertz CT molecular complexity index is 242. The maximum absolute atomic E-state index is 10.9. The van der Waals surface area contributed by atoms with E-state index in [0.717, 1.165) is 0 Å². The number of rotatable bonds is 0. The maximum atomic E-state index is 10.9. The summed E-state index contributed by atoms with van der Waals surface area (Å²) in [7, 11) is 0. The zero-order chi connectivity index (χ0) is 7.94. The highest BCUT2D eigenvalue weighted by atomic mass is 16.1. The molecule has 0 unspecified atom stereocenters. The van der Waals surface area contributed by atoms with Crippen LogP contribution in [-0.4, -0.2) is 5.78 Å². The van der Waals surface area contributed by atoms with Gasteiger partial charge in [-0.3, -0.25) is 4.79 Å². The molecule has 0 amide bonds. The molecular formula is C10H10O. The molecule has 1 heteroatoms. The molecule has 56 valence electrons. The normalized spacial score (nSPS) is 17.3. The van der Waals surface area contributed by atoms with Crippen molar-refractivity contribution in [2.45, 2.75) is 6.42 Å². The van der Waals surface area contributed by atoms with Gasteiger partial charge in [0.2, 0.25) is 0 Å². The highest BCUT2D eigenvalue weighted by Gasteiger charge is 1.89. The van der Waals surface area contributed by atoms with E-state index in [1.165, 1.54) is 0 Å². The van der Waals surface area contributed by atoms with E-state index in [-0.39, 0.29) is 5.78 Å². The van der Waals surface area contributed by atoms with Crippen LogP contribution < -0.4 is 0 Å². The van der Waals surface area contributed by atoms with E-state index in [1.54, 1.807) is 12.2 Å². The molecule has 1 aliphatic rings. The molecule has 0 saturated carbocycles. The van der Waals surface area contributed by atoms with Crippen LogP contribution >= 0.6 is 0 Å². The first-order chi connectivity index (χ1) is 5.39. The molecule has 0 aromatic rings. The van der Waals surface area contributed by atoms with Gasteiger partial charge < -0.3 is 0 Å². The van der Waals surface area contributed by atoms with Gasteiger partial charge >= 0.3 is 0 Å². The third-order valence-corrected chi connectivity index (χ3v) is 1.29. The van der Waals surface area contributed by atoms with Crippen LogP contribution in [-0.2, 0) is 4.79 Å². The number of carbonyl (C=O) groups is 1. The highest BCUT2D eigenvalue weighted by molar-refractivity contribution is 5.90. The molecule has 0 fully saturated rings. The molecule has 0 N–H and O–H groups in total. The Morgan fingerprint density at radius 3 is 2.36 bits per heavy atom. The summed E-state index contributed by atoms with van der Waals surface area (Å²) in [6, 6.07) is 0. The van der Waals surface area contributed by atoms with Gasteiger partial charge in [-0.05, 0) is 6.08 Å². The van der Waals surface area contributed by atoms with Crippen LogP contribution in [0.3, 0.4) is 0 Å². The predicted molar refractivity (Wildman–Crippen MR) is 46.2 cm³/mol. The molecule has 0 aliphatic heterocycles. The Labute approximate surface area is 66.4 Å². The molecule has 0 atom stereocenters. The summed E-state index contributed by atoms with van der Waals surface area (Å²) in [5, 5.41) is 0. The largest absolute Gasteiger partial charge is 0.295 e. The van der Waals surface area contributed by atoms with Gasteiger partial charge in [-0.1, -0.05) is 42.5 Å². The first-order valence-electron chi connectivity index (χ1n) is 3.59. The van der Waals surface area contributed by atoms with Crippen molar-refractivity contribution in [2.24, 2.45) is 0 Å². The molecule has 0 aromatic heterocycles. The molecule has 11 heavy (non-hydrogen) atoms. The molecule has 0 spiro atoms. The third-order valence-electron chi connectivity index (χ3n) is 1.29. The van der Waals surface area contributed by atoms with Gasteiger partial charge in [0.25, 0.3) is 0 Å². The molecule has 0 radical (unpaired) electrons. The first kappa shape index (κ1) is 7.73. The SMILES string of the molecule is O=C1C=CC=CC=CC=CC1. The number of ketones is 1. The number of hydrogen-bond donors (Lipinski definition) is 0. The van der Waals surface area contributed by atoms with E-state index in [2.05, 4.69) is 0 Å². The van der Waals surface area contributed by atoms with Crippen molar-refractivity contribution < 1.29 is 4.79 Å². The average molecular weight is 146 g/mol. The molecule has 0 bridgehead atoms. The van der Waals surface area contributed by atoms with Gasteiger partial charge in [0.05, 0.1) is 0 Å². The molecule has 1 aliphatic carbocycles. The summed E-state index contributed by atoms with van der Waals surface area (Å²) < 4.78 is 0. The van der Waals surface area contributed by atoms with Crippen molar-refractivity contribution in [2.75, 3.05) is 0 Å². The van der Waals surface area contributed by atoms with Crippen molar-refractivity contribution >= 4 is 5.78 Å². The van der Waals surface area contributed by atoms with Crippen LogP contribution in [0.2, 0.25) is 0 Å². The van der Waals surface area contributed by atoms with E-state index in [4.69, 9.17) is 0 Å². The Balaban J connectivity index is 2.69. The monoisotopic (exact) mass is 146 g/mol. The summed E-state index contributed by atoms with van der Waals surface area (Å²) in [4.78, 5) is 10.9. The lowest BCUT2D eigenvalue weighted by Gasteiger charge is -1.85. The second-order valence-corrected chi connectivity index (χ2v) is 2.23. The second kappa shape index (κ2) is 4.45. The van der Waals surface area contributed by atoms with Crippen LogP contribution in [0.1, 0.15) is 6.42 Å². The Hall–Kier alpha value is -1.37. The highest BCUT2D eigenvalue weighted by Crippen LogP contribution is 1.92. The molecule has 1 rings (SSSR count). The predicted octanol–water partition coefficient (Wildman–Crippen LogP) is 2.18. The second-order valence-electron chi connectivity index (χ2n) is 2.23. The zero-order valence-corrected chi connectivity index (χ0v) is 6.23. The van der Waals surface area contributed by atoms with E-state index in [9.17, 15) is 4.79 Å². The van der Waals surface area contributed by atoms with Crippen LogP contribution in [0.4, 0.5) is 0 Å². The van der Waals surface area contributed by atoms with Crippen LogP contribution in [0.5, 0.6) is 0 Å². The topological polar surface area (TPSA) is 17.1 Å². The van der Waals surface area contributed by atoms with Crippen molar-refractivity contribution in [3.05, 3.63) is 48.6 Å². The van der Waals surface area contributed by atoms with E-state index in [1.807, 2.05) is 36.5 Å². The molecule has 0 saturated heterocycles. The van der Waals surface area contributed by atoms with Gasteiger partial charge in [-0.25, -0.2) is 0 Å². The molecule has 1 nitrogen and oxygen atoms in total. The lowest BCUT2D eigenvalue weighted by molar-refractivity contribution is -0.113. The Morgan fingerprint density at radius 2 is 1.55 bits per heavy atom. The quantitative estimate of drug-likeness (QED) is 0.512. The summed E-state index contributed by atoms with van der Waals surface area (Å²) >= 11 is 0. The van der Waals surface area contributed by atoms with Crippen molar-refractivity contribution in [3.8, 4) is 0 Å². The minimum atomic E-state index is 0.140. The van der Waals surface area contributed by atoms with Crippen LogP contribution in [0.15, 0.2) is 48.6 Å². The molecular weight excluding hydrogens is 136 g/mol. The summed E-state index contributed by atoms with van der Waals surface area (Å²) in [5.41, 5.74) is 0. The van der Waals surface area contributed by atoms with Gasteiger partial charge in [-0.15, -0.1) is 0 Å². The number of hydrogen-bond acceptors (Lipinski definition) is 1. The zero-order valence-electron chi connectivity index (χ0n) is 6.23. The van der Waals surface area contributed by atoms with Crippen molar-refractivity contribution in [1.29, 1.82) is 0 Å². The van der Waals surface area contributed by atoms with Crippen molar-refractivity contribution in [1.82, 2.24) is 0 Å². The number of allylic oxidation sites excluding steroid dienone is 8.